The molecule has 1 aromatic rings. The highest BCUT2D eigenvalue weighted by Gasteiger charge is 2.15. The van der Waals surface area contributed by atoms with Gasteiger partial charge in [-0.25, -0.2) is 4.98 Å². The Morgan fingerprint density at radius 1 is 1.47 bits per heavy atom. The van der Waals surface area contributed by atoms with E-state index in [0.29, 0.717) is 25.8 Å². The molecular formula is C14H24N2O2S. The molecule has 0 spiro atoms. The van der Waals surface area contributed by atoms with Gasteiger partial charge in [-0.2, -0.15) is 0 Å². The van der Waals surface area contributed by atoms with Crippen LogP contribution in [0.2, 0.25) is 0 Å². The number of ether oxygens (including phenoxy) is 1. The number of aliphatic hydroxyl groups is 1. The first-order chi connectivity index (χ1) is 9.24. The predicted octanol–water partition coefficient (Wildman–Crippen LogP) is 2.25. The molecule has 1 atom stereocenters. The van der Waals surface area contributed by atoms with Crippen molar-refractivity contribution in [2.75, 3.05) is 13.2 Å². The average Bonchev–Trinajstić information content (AvgIpc) is 2.83. The number of thiazole rings is 1. The summed E-state index contributed by atoms with van der Waals surface area (Å²) in [6.07, 6.45) is 6.10. The summed E-state index contributed by atoms with van der Waals surface area (Å²) in [5.74, 6) is 0. The summed E-state index contributed by atoms with van der Waals surface area (Å²) in [7, 11) is 0. The summed E-state index contributed by atoms with van der Waals surface area (Å²) in [6.45, 7) is 3.71. The van der Waals surface area contributed by atoms with Crippen molar-refractivity contribution < 1.29 is 9.84 Å². The maximum atomic E-state index is 9.86. The molecule has 0 aliphatic heterocycles. The van der Waals surface area contributed by atoms with Crippen LogP contribution in [0.3, 0.4) is 0 Å². The number of aromatic nitrogens is 1. The number of nitrogens with one attached hydrogen (secondary N) is 1. The quantitative estimate of drug-likeness (QED) is 0.806. The summed E-state index contributed by atoms with van der Waals surface area (Å²) >= 11 is 1.65. The van der Waals surface area contributed by atoms with Crippen LogP contribution in [0.5, 0.6) is 0 Å². The van der Waals surface area contributed by atoms with Crippen molar-refractivity contribution in [2.24, 2.45) is 0 Å². The Labute approximate surface area is 119 Å². The largest absolute Gasteiger partial charge is 0.389 e. The van der Waals surface area contributed by atoms with Crippen LogP contribution in [0.1, 0.15) is 42.8 Å². The minimum Gasteiger partial charge on any atom is -0.389 e. The van der Waals surface area contributed by atoms with Gasteiger partial charge in [-0.05, 0) is 19.8 Å². The van der Waals surface area contributed by atoms with Gasteiger partial charge >= 0.3 is 0 Å². The number of rotatable bonds is 7. The van der Waals surface area contributed by atoms with Crippen molar-refractivity contribution >= 4 is 11.3 Å². The third kappa shape index (κ3) is 5.57. The Morgan fingerprint density at radius 3 is 2.95 bits per heavy atom. The van der Waals surface area contributed by atoms with E-state index < -0.39 is 6.10 Å². The first kappa shape index (κ1) is 14.9. The summed E-state index contributed by atoms with van der Waals surface area (Å²) in [5, 5.41) is 16.2. The molecular weight excluding hydrogens is 260 g/mol. The molecule has 4 nitrogen and oxygen atoms in total. The molecule has 0 saturated heterocycles. The van der Waals surface area contributed by atoms with Crippen LogP contribution >= 0.6 is 11.3 Å². The van der Waals surface area contributed by atoms with Crippen molar-refractivity contribution in [2.45, 2.75) is 57.8 Å². The van der Waals surface area contributed by atoms with Gasteiger partial charge in [0.05, 0.1) is 29.5 Å². The first-order valence-electron chi connectivity index (χ1n) is 7.15. The number of aliphatic hydroxyl groups excluding tert-OH is 1. The lowest BCUT2D eigenvalue weighted by Gasteiger charge is -2.23. The second-order valence-corrected chi connectivity index (χ2v) is 6.30. The molecule has 0 aromatic carbocycles. The molecule has 1 aromatic heterocycles. The van der Waals surface area contributed by atoms with Gasteiger partial charge in [-0.1, -0.05) is 19.3 Å². The third-order valence-electron chi connectivity index (χ3n) is 3.43. The van der Waals surface area contributed by atoms with Gasteiger partial charge in [0, 0.05) is 18.5 Å². The lowest BCUT2D eigenvalue weighted by molar-refractivity contribution is -0.0230. The molecule has 1 saturated carbocycles. The van der Waals surface area contributed by atoms with E-state index in [-0.39, 0.29) is 0 Å². The minimum atomic E-state index is -0.429. The minimum absolute atomic E-state index is 0.365. The Balaban J connectivity index is 1.55. The SMILES string of the molecule is Cc1nc(CNCC(O)COC2CCCCC2)cs1. The Morgan fingerprint density at radius 2 is 2.26 bits per heavy atom. The summed E-state index contributed by atoms with van der Waals surface area (Å²) in [6, 6.07) is 0. The van der Waals surface area contributed by atoms with Crippen LogP contribution in [-0.4, -0.2) is 35.5 Å². The fourth-order valence-corrected chi connectivity index (χ4v) is 3.01. The molecule has 108 valence electrons. The van der Waals surface area contributed by atoms with Crippen LogP contribution in [0, 0.1) is 6.92 Å². The zero-order chi connectivity index (χ0) is 13.5. The van der Waals surface area contributed by atoms with Gasteiger partial charge in [0.1, 0.15) is 0 Å². The lowest BCUT2D eigenvalue weighted by Crippen LogP contribution is -2.32. The maximum Gasteiger partial charge on any atom is 0.0897 e. The van der Waals surface area contributed by atoms with E-state index in [1.54, 1.807) is 11.3 Å². The van der Waals surface area contributed by atoms with Gasteiger partial charge in [-0.15, -0.1) is 11.3 Å². The molecule has 2 N–H and O–H groups in total. The van der Waals surface area contributed by atoms with Crippen molar-refractivity contribution in [1.29, 1.82) is 0 Å². The van der Waals surface area contributed by atoms with E-state index in [2.05, 4.69) is 10.3 Å². The summed E-state index contributed by atoms with van der Waals surface area (Å²) in [4.78, 5) is 4.37. The van der Waals surface area contributed by atoms with Crippen LogP contribution in [0.15, 0.2) is 5.38 Å². The van der Waals surface area contributed by atoms with E-state index in [1.807, 2.05) is 12.3 Å². The zero-order valence-electron chi connectivity index (χ0n) is 11.6. The Hall–Kier alpha value is -0.490. The second kappa shape index (κ2) is 7.94. The topological polar surface area (TPSA) is 54.4 Å². The second-order valence-electron chi connectivity index (χ2n) is 5.24. The molecule has 2 rings (SSSR count). The molecule has 19 heavy (non-hydrogen) atoms. The standard InChI is InChI=1S/C14H24N2O2S/c1-11-16-12(10-19-11)7-15-8-13(17)9-18-14-5-3-2-4-6-14/h10,13-15,17H,2-9H2,1H3. The smallest absolute Gasteiger partial charge is 0.0897 e. The van der Waals surface area contributed by atoms with Crippen LogP contribution < -0.4 is 5.32 Å². The number of hydrogen-bond acceptors (Lipinski definition) is 5. The van der Waals surface area contributed by atoms with E-state index in [1.165, 1.54) is 19.3 Å². The molecule has 0 bridgehead atoms. The molecule has 1 heterocycles. The molecule has 5 heteroatoms. The van der Waals surface area contributed by atoms with Gasteiger partial charge < -0.3 is 15.2 Å². The first-order valence-corrected chi connectivity index (χ1v) is 8.03. The monoisotopic (exact) mass is 284 g/mol. The molecule has 1 aliphatic rings. The fraction of sp³-hybridized carbons (Fsp3) is 0.786. The Kier molecular flexibility index (Phi) is 6.23. The van der Waals surface area contributed by atoms with Crippen molar-refractivity contribution in [3.63, 3.8) is 0 Å². The molecule has 1 unspecified atom stereocenters. The van der Waals surface area contributed by atoms with E-state index in [4.69, 9.17) is 4.74 Å². The predicted molar refractivity (Wildman–Crippen MR) is 77.4 cm³/mol. The average molecular weight is 284 g/mol. The molecule has 1 aliphatic carbocycles. The van der Waals surface area contributed by atoms with Gasteiger partial charge in [0.15, 0.2) is 0 Å². The van der Waals surface area contributed by atoms with Gasteiger partial charge in [-0.3, -0.25) is 0 Å². The van der Waals surface area contributed by atoms with Crippen LogP contribution in [-0.2, 0) is 11.3 Å². The Bertz CT molecular complexity index is 364. The number of hydrogen-bond donors (Lipinski definition) is 2. The number of aryl methyl sites for hydroxylation is 1. The lowest BCUT2D eigenvalue weighted by atomic mass is 9.98. The molecule has 0 amide bonds. The van der Waals surface area contributed by atoms with Gasteiger partial charge in [0.2, 0.25) is 0 Å². The normalized spacial score (nSPS) is 18.6. The molecule has 0 radical (unpaired) electrons. The highest BCUT2D eigenvalue weighted by Crippen LogP contribution is 2.20. The highest BCUT2D eigenvalue weighted by atomic mass is 32.1. The number of nitrogens with zero attached hydrogens (tertiary/aromatic N) is 1. The molecule has 1 fully saturated rings. The van der Waals surface area contributed by atoms with Crippen molar-refractivity contribution in [3.8, 4) is 0 Å². The van der Waals surface area contributed by atoms with Crippen molar-refractivity contribution in [3.05, 3.63) is 16.1 Å². The highest BCUT2D eigenvalue weighted by molar-refractivity contribution is 7.09. The van der Waals surface area contributed by atoms with Crippen LogP contribution in [0.25, 0.3) is 0 Å². The summed E-state index contributed by atoms with van der Waals surface area (Å²) in [5.41, 5.74) is 1.04. The van der Waals surface area contributed by atoms with Crippen molar-refractivity contribution in [1.82, 2.24) is 10.3 Å². The fourth-order valence-electron chi connectivity index (χ4n) is 2.39. The van der Waals surface area contributed by atoms with Gasteiger partial charge in [0.25, 0.3) is 0 Å². The third-order valence-corrected chi connectivity index (χ3v) is 4.25. The zero-order valence-corrected chi connectivity index (χ0v) is 12.4. The van der Waals surface area contributed by atoms with E-state index >= 15 is 0 Å². The maximum absolute atomic E-state index is 9.86. The van der Waals surface area contributed by atoms with E-state index in [0.717, 1.165) is 23.5 Å². The summed E-state index contributed by atoms with van der Waals surface area (Å²) < 4.78 is 5.75. The van der Waals surface area contributed by atoms with E-state index in [9.17, 15) is 5.11 Å². The van der Waals surface area contributed by atoms with Crippen LogP contribution in [0.4, 0.5) is 0 Å².